The molecule has 112 valence electrons. The Labute approximate surface area is 123 Å². The van der Waals surface area contributed by atoms with Gasteiger partial charge in [-0.1, -0.05) is 50.3 Å². The van der Waals surface area contributed by atoms with Crippen LogP contribution in [0.4, 0.5) is 0 Å². The van der Waals surface area contributed by atoms with Gasteiger partial charge in [0.15, 0.2) is 5.69 Å². The fourth-order valence-corrected chi connectivity index (χ4v) is 2.11. The second-order valence-electron chi connectivity index (χ2n) is 6.00. The van der Waals surface area contributed by atoms with Gasteiger partial charge in [0.2, 0.25) is 0 Å². The van der Waals surface area contributed by atoms with E-state index in [1.165, 1.54) is 10.2 Å². The minimum atomic E-state index is -1.11. The van der Waals surface area contributed by atoms with Gasteiger partial charge in [-0.05, 0) is 16.5 Å². The summed E-state index contributed by atoms with van der Waals surface area (Å²) < 4.78 is 1.54. The number of carboxylic acids is 1. The molecule has 1 aromatic carbocycles. The molecule has 0 atom stereocenters. The summed E-state index contributed by atoms with van der Waals surface area (Å²) in [6.07, 6.45) is 0. The summed E-state index contributed by atoms with van der Waals surface area (Å²) in [5.74, 6) is -1.11. The Morgan fingerprint density at radius 1 is 1.29 bits per heavy atom. The summed E-state index contributed by atoms with van der Waals surface area (Å²) in [5.41, 5.74) is 8.33. The third-order valence-electron chi connectivity index (χ3n) is 3.39. The summed E-state index contributed by atoms with van der Waals surface area (Å²) in [6, 6.07) is 8.19. The Hall–Kier alpha value is -2.21. The number of rotatable bonds is 4. The van der Waals surface area contributed by atoms with Gasteiger partial charge < -0.3 is 10.8 Å². The SMILES string of the molecule is CC(C)(C)c1ccc(Cn2nnc(C(=O)O)c2CN)cc1. The first-order valence-corrected chi connectivity index (χ1v) is 6.78. The highest BCUT2D eigenvalue weighted by atomic mass is 16.4. The van der Waals surface area contributed by atoms with Crippen molar-refractivity contribution >= 4 is 5.97 Å². The monoisotopic (exact) mass is 288 g/mol. The second kappa shape index (κ2) is 5.65. The lowest BCUT2D eigenvalue weighted by atomic mass is 9.87. The van der Waals surface area contributed by atoms with Gasteiger partial charge in [0.05, 0.1) is 12.2 Å². The third-order valence-corrected chi connectivity index (χ3v) is 3.39. The Morgan fingerprint density at radius 2 is 1.90 bits per heavy atom. The van der Waals surface area contributed by atoms with E-state index in [-0.39, 0.29) is 17.7 Å². The minimum absolute atomic E-state index is 0.0798. The Bertz CT molecular complexity index is 639. The van der Waals surface area contributed by atoms with Crippen molar-refractivity contribution in [2.75, 3.05) is 0 Å². The van der Waals surface area contributed by atoms with Crippen molar-refractivity contribution in [1.82, 2.24) is 15.0 Å². The van der Waals surface area contributed by atoms with E-state index in [2.05, 4.69) is 43.2 Å². The maximum absolute atomic E-state index is 11.0. The average Bonchev–Trinajstić information content (AvgIpc) is 2.81. The summed E-state index contributed by atoms with van der Waals surface area (Å²) in [5, 5.41) is 16.6. The molecule has 3 N–H and O–H groups in total. The first-order valence-electron chi connectivity index (χ1n) is 6.78. The molecule has 6 nitrogen and oxygen atoms in total. The van der Waals surface area contributed by atoms with Crippen LogP contribution in [-0.2, 0) is 18.5 Å². The summed E-state index contributed by atoms with van der Waals surface area (Å²) >= 11 is 0. The standard InChI is InChI=1S/C15H20N4O2/c1-15(2,3)11-6-4-10(5-7-11)9-19-12(8-16)13(14(20)21)17-18-19/h4-7H,8-9,16H2,1-3H3,(H,20,21). The number of aromatic carboxylic acids is 1. The predicted octanol–water partition coefficient (Wildman–Crippen LogP) is 1.78. The molecule has 0 radical (unpaired) electrons. The number of nitrogens with zero attached hydrogens (tertiary/aromatic N) is 3. The topological polar surface area (TPSA) is 94.0 Å². The molecule has 0 spiro atoms. The van der Waals surface area contributed by atoms with Crippen LogP contribution in [0.5, 0.6) is 0 Å². The van der Waals surface area contributed by atoms with Gasteiger partial charge >= 0.3 is 5.97 Å². The second-order valence-corrected chi connectivity index (χ2v) is 6.00. The number of hydrogen-bond acceptors (Lipinski definition) is 4. The lowest BCUT2D eigenvalue weighted by molar-refractivity contribution is 0.0689. The van der Waals surface area contributed by atoms with Gasteiger partial charge in [0.25, 0.3) is 0 Å². The van der Waals surface area contributed by atoms with Gasteiger partial charge in [-0.25, -0.2) is 9.48 Å². The van der Waals surface area contributed by atoms with Crippen molar-refractivity contribution in [2.24, 2.45) is 5.73 Å². The van der Waals surface area contributed by atoms with Crippen LogP contribution in [0.2, 0.25) is 0 Å². The number of carbonyl (C=O) groups is 1. The maximum atomic E-state index is 11.0. The zero-order valence-corrected chi connectivity index (χ0v) is 12.5. The number of nitrogens with two attached hydrogens (primary N) is 1. The molecule has 6 heteroatoms. The molecule has 0 unspecified atom stereocenters. The van der Waals surface area contributed by atoms with E-state index in [4.69, 9.17) is 10.8 Å². The molecule has 1 heterocycles. The van der Waals surface area contributed by atoms with Gasteiger partial charge in [0.1, 0.15) is 0 Å². The smallest absolute Gasteiger partial charge is 0.358 e. The Kier molecular flexibility index (Phi) is 4.09. The summed E-state index contributed by atoms with van der Waals surface area (Å²) in [7, 11) is 0. The van der Waals surface area contributed by atoms with E-state index in [0.29, 0.717) is 12.2 Å². The molecule has 0 saturated heterocycles. The van der Waals surface area contributed by atoms with Crippen molar-refractivity contribution in [3.8, 4) is 0 Å². The highest BCUT2D eigenvalue weighted by molar-refractivity contribution is 5.86. The highest BCUT2D eigenvalue weighted by Crippen LogP contribution is 2.22. The van der Waals surface area contributed by atoms with Crippen molar-refractivity contribution in [3.05, 3.63) is 46.8 Å². The first-order chi connectivity index (χ1) is 9.82. The molecule has 0 amide bonds. The van der Waals surface area contributed by atoms with Gasteiger partial charge in [0, 0.05) is 6.54 Å². The molecule has 21 heavy (non-hydrogen) atoms. The fraction of sp³-hybridized carbons (Fsp3) is 0.400. The normalized spacial score (nSPS) is 11.6. The molecule has 1 aromatic heterocycles. The quantitative estimate of drug-likeness (QED) is 0.894. The zero-order valence-electron chi connectivity index (χ0n) is 12.5. The molecular weight excluding hydrogens is 268 g/mol. The summed E-state index contributed by atoms with van der Waals surface area (Å²) in [6.45, 7) is 7.02. The van der Waals surface area contributed by atoms with E-state index >= 15 is 0 Å². The number of benzene rings is 1. The van der Waals surface area contributed by atoms with E-state index in [9.17, 15) is 4.79 Å². The Morgan fingerprint density at radius 3 is 2.38 bits per heavy atom. The largest absolute Gasteiger partial charge is 0.476 e. The fourth-order valence-electron chi connectivity index (χ4n) is 2.11. The molecule has 0 saturated carbocycles. The molecular formula is C15H20N4O2. The molecule has 0 aliphatic carbocycles. The van der Waals surface area contributed by atoms with Crippen LogP contribution in [-0.4, -0.2) is 26.1 Å². The average molecular weight is 288 g/mol. The lowest BCUT2D eigenvalue weighted by Crippen LogP contribution is -2.14. The van der Waals surface area contributed by atoms with Crippen molar-refractivity contribution in [1.29, 1.82) is 0 Å². The van der Waals surface area contributed by atoms with Crippen molar-refractivity contribution in [3.63, 3.8) is 0 Å². The molecule has 0 bridgehead atoms. The lowest BCUT2D eigenvalue weighted by Gasteiger charge is -2.19. The third kappa shape index (κ3) is 3.28. The van der Waals surface area contributed by atoms with E-state index in [1.54, 1.807) is 0 Å². The van der Waals surface area contributed by atoms with Crippen LogP contribution >= 0.6 is 0 Å². The molecule has 2 rings (SSSR count). The van der Waals surface area contributed by atoms with Crippen molar-refractivity contribution in [2.45, 2.75) is 39.3 Å². The minimum Gasteiger partial charge on any atom is -0.476 e. The molecule has 2 aromatic rings. The number of aromatic nitrogens is 3. The van der Waals surface area contributed by atoms with Crippen LogP contribution in [0.15, 0.2) is 24.3 Å². The number of carboxylic acid groups (broad SMARTS) is 1. The summed E-state index contributed by atoms with van der Waals surface area (Å²) in [4.78, 5) is 11.0. The van der Waals surface area contributed by atoms with Gasteiger partial charge in [-0.2, -0.15) is 0 Å². The highest BCUT2D eigenvalue weighted by Gasteiger charge is 2.18. The molecule has 0 fully saturated rings. The van der Waals surface area contributed by atoms with Gasteiger partial charge in [-0.3, -0.25) is 0 Å². The van der Waals surface area contributed by atoms with Crippen LogP contribution in [0, 0.1) is 0 Å². The van der Waals surface area contributed by atoms with Crippen LogP contribution in [0.25, 0.3) is 0 Å². The number of hydrogen-bond donors (Lipinski definition) is 2. The maximum Gasteiger partial charge on any atom is 0.358 e. The first kappa shape index (κ1) is 15.2. The van der Waals surface area contributed by atoms with E-state index in [0.717, 1.165) is 5.56 Å². The zero-order chi connectivity index (χ0) is 15.6. The van der Waals surface area contributed by atoms with Gasteiger partial charge in [-0.15, -0.1) is 5.10 Å². The molecule has 0 aliphatic heterocycles. The van der Waals surface area contributed by atoms with E-state index in [1.807, 2.05) is 12.1 Å². The van der Waals surface area contributed by atoms with Crippen molar-refractivity contribution < 1.29 is 9.90 Å². The molecule has 0 aliphatic rings. The Balaban J connectivity index is 2.25. The van der Waals surface area contributed by atoms with Crippen LogP contribution in [0.3, 0.4) is 0 Å². The van der Waals surface area contributed by atoms with Crippen LogP contribution < -0.4 is 5.73 Å². The predicted molar refractivity (Wildman–Crippen MR) is 79.1 cm³/mol. The van der Waals surface area contributed by atoms with Crippen LogP contribution in [0.1, 0.15) is 48.1 Å². The van der Waals surface area contributed by atoms with E-state index < -0.39 is 5.97 Å².